The molecule has 1 aromatic carbocycles. The molecule has 0 saturated carbocycles. The summed E-state index contributed by atoms with van der Waals surface area (Å²) < 4.78 is 5.56. The van der Waals surface area contributed by atoms with Crippen LogP contribution in [0.3, 0.4) is 0 Å². The second-order valence-corrected chi connectivity index (χ2v) is 5.34. The lowest BCUT2D eigenvalue weighted by molar-refractivity contribution is 0.0699. The Balaban J connectivity index is 2.07. The average Bonchev–Trinajstić information content (AvgIpc) is 2.70. The van der Waals surface area contributed by atoms with E-state index in [0.717, 1.165) is 25.3 Å². The van der Waals surface area contributed by atoms with Crippen LogP contribution in [0.15, 0.2) is 30.5 Å². The Labute approximate surface area is 123 Å². The quantitative estimate of drug-likeness (QED) is 0.919. The standard InChI is InChI=1S/C16H18N2O3/c1-11-10-21-8-2-7-18(11)12-3-4-15-14(9-12)13(16(19)20)5-6-17-15/h3-6,9,11H,2,7-8,10H2,1H3,(H,19,20)/t11-/m1/s1. The van der Waals surface area contributed by atoms with Gasteiger partial charge in [0.25, 0.3) is 0 Å². The van der Waals surface area contributed by atoms with Gasteiger partial charge in [0.15, 0.2) is 0 Å². The van der Waals surface area contributed by atoms with Crippen molar-refractivity contribution in [1.82, 2.24) is 4.98 Å². The topological polar surface area (TPSA) is 62.7 Å². The maximum atomic E-state index is 11.4. The van der Waals surface area contributed by atoms with Crippen LogP contribution < -0.4 is 4.90 Å². The van der Waals surface area contributed by atoms with Gasteiger partial charge in [0.1, 0.15) is 0 Å². The van der Waals surface area contributed by atoms with Gasteiger partial charge in [-0.05, 0) is 37.6 Å². The van der Waals surface area contributed by atoms with E-state index in [1.54, 1.807) is 6.07 Å². The van der Waals surface area contributed by atoms with Gasteiger partial charge in [0.05, 0.1) is 17.7 Å². The summed E-state index contributed by atoms with van der Waals surface area (Å²) >= 11 is 0. The van der Waals surface area contributed by atoms with Crippen molar-refractivity contribution in [3.63, 3.8) is 0 Å². The Bertz CT molecular complexity index is 672. The molecule has 110 valence electrons. The minimum absolute atomic E-state index is 0.273. The Morgan fingerprint density at radius 3 is 3.10 bits per heavy atom. The van der Waals surface area contributed by atoms with Crippen molar-refractivity contribution in [2.45, 2.75) is 19.4 Å². The smallest absolute Gasteiger partial charge is 0.336 e. The number of ether oxygens (including phenoxy) is 1. The monoisotopic (exact) mass is 286 g/mol. The van der Waals surface area contributed by atoms with E-state index in [0.29, 0.717) is 23.1 Å². The fourth-order valence-electron chi connectivity index (χ4n) is 2.78. The zero-order valence-electron chi connectivity index (χ0n) is 12.0. The number of hydrogen-bond donors (Lipinski definition) is 1. The van der Waals surface area contributed by atoms with Gasteiger partial charge < -0.3 is 14.7 Å². The first-order valence-corrected chi connectivity index (χ1v) is 7.13. The lowest BCUT2D eigenvalue weighted by Crippen LogP contribution is -2.35. The number of nitrogens with zero attached hydrogens (tertiary/aromatic N) is 2. The van der Waals surface area contributed by atoms with Crippen molar-refractivity contribution >= 4 is 22.6 Å². The molecule has 1 aromatic heterocycles. The molecule has 0 amide bonds. The molecule has 1 saturated heterocycles. The van der Waals surface area contributed by atoms with Crippen LogP contribution in [-0.4, -0.2) is 41.9 Å². The maximum absolute atomic E-state index is 11.4. The summed E-state index contributed by atoms with van der Waals surface area (Å²) in [5.74, 6) is -0.924. The van der Waals surface area contributed by atoms with Gasteiger partial charge in [0, 0.05) is 36.5 Å². The van der Waals surface area contributed by atoms with Crippen LogP contribution in [0.25, 0.3) is 10.9 Å². The maximum Gasteiger partial charge on any atom is 0.336 e. The molecule has 1 N–H and O–H groups in total. The number of aromatic carboxylic acids is 1. The summed E-state index contributed by atoms with van der Waals surface area (Å²) in [4.78, 5) is 17.9. The summed E-state index contributed by atoms with van der Waals surface area (Å²) in [6, 6.07) is 7.63. The number of rotatable bonds is 2. The third-order valence-corrected chi connectivity index (χ3v) is 3.87. The first-order valence-electron chi connectivity index (χ1n) is 7.13. The Kier molecular flexibility index (Phi) is 3.75. The van der Waals surface area contributed by atoms with Gasteiger partial charge in [-0.25, -0.2) is 4.79 Å². The van der Waals surface area contributed by atoms with Crippen molar-refractivity contribution in [3.8, 4) is 0 Å². The Morgan fingerprint density at radius 2 is 2.29 bits per heavy atom. The number of carbonyl (C=O) groups is 1. The zero-order chi connectivity index (χ0) is 14.8. The second kappa shape index (κ2) is 5.69. The van der Waals surface area contributed by atoms with Crippen LogP contribution >= 0.6 is 0 Å². The number of aromatic nitrogens is 1. The van der Waals surface area contributed by atoms with Crippen molar-refractivity contribution < 1.29 is 14.6 Å². The molecule has 3 rings (SSSR count). The highest BCUT2D eigenvalue weighted by Gasteiger charge is 2.19. The van der Waals surface area contributed by atoms with E-state index in [1.165, 1.54) is 6.20 Å². The molecule has 2 aromatic rings. The van der Waals surface area contributed by atoms with E-state index in [4.69, 9.17) is 4.74 Å². The minimum Gasteiger partial charge on any atom is -0.478 e. The van der Waals surface area contributed by atoms with Gasteiger partial charge in [-0.2, -0.15) is 0 Å². The number of hydrogen-bond acceptors (Lipinski definition) is 4. The van der Waals surface area contributed by atoms with E-state index >= 15 is 0 Å². The molecule has 1 aliphatic rings. The summed E-state index contributed by atoms with van der Waals surface area (Å²) in [6.07, 6.45) is 2.51. The molecule has 1 fully saturated rings. The van der Waals surface area contributed by atoms with Crippen molar-refractivity contribution in [2.75, 3.05) is 24.7 Å². The van der Waals surface area contributed by atoms with Crippen molar-refractivity contribution in [2.24, 2.45) is 0 Å². The van der Waals surface area contributed by atoms with Crippen LogP contribution in [0.4, 0.5) is 5.69 Å². The molecule has 5 heteroatoms. The molecule has 21 heavy (non-hydrogen) atoms. The molecule has 0 spiro atoms. The normalized spacial score (nSPS) is 19.5. The molecule has 5 nitrogen and oxygen atoms in total. The fraction of sp³-hybridized carbons (Fsp3) is 0.375. The highest BCUT2D eigenvalue weighted by molar-refractivity contribution is 6.03. The SMILES string of the molecule is C[C@@H]1COCCCN1c1ccc2nccc(C(=O)O)c2c1. The fourth-order valence-corrected chi connectivity index (χ4v) is 2.78. The Morgan fingerprint density at radius 1 is 1.43 bits per heavy atom. The lowest BCUT2D eigenvalue weighted by atomic mass is 10.1. The van der Waals surface area contributed by atoms with Crippen LogP contribution in [0.5, 0.6) is 0 Å². The van der Waals surface area contributed by atoms with Gasteiger partial charge in [-0.15, -0.1) is 0 Å². The van der Waals surface area contributed by atoms with Crippen molar-refractivity contribution in [1.29, 1.82) is 0 Å². The molecule has 0 bridgehead atoms. The van der Waals surface area contributed by atoms with Gasteiger partial charge in [0.2, 0.25) is 0 Å². The summed E-state index contributed by atoms with van der Waals surface area (Å²) in [5, 5.41) is 10.0. The predicted octanol–water partition coefficient (Wildman–Crippen LogP) is 2.55. The zero-order valence-corrected chi connectivity index (χ0v) is 12.0. The van der Waals surface area contributed by atoms with E-state index in [2.05, 4.69) is 16.8 Å². The largest absolute Gasteiger partial charge is 0.478 e. The van der Waals surface area contributed by atoms with Gasteiger partial charge in [-0.1, -0.05) is 0 Å². The molecule has 0 radical (unpaired) electrons. The summed E-state index contributed by atoms with van der Waals surface area (Å²) in [6.45, 7) is 4.50. The van der Waals surface area contributed by atoms with E-state index in [9.17, 15) is 9.90 Å². The van der Waals surface area contributed by atoms with Crippen LogP contribution in [0.2, 0.25) is 0 Å². The number of benzene rings is 1. The predicted molar refractivity (Wildman–Crippen MR) is 80.9 cm³/mol. The van der Waals surface area contributed by atoms with Gasteiger partial charge >= 0.3 is 5.97 Å². The molecule has 1 atom stereocenters. The molecular weight excluding hydrogens is 268 g/mol. The summed E-state index contributed by atoms with van der Waals surface area (Å²) in [5.41, 5.74) is 2.02. The van der Waals surface area contributed by atoms with Crippen molar-refractivity contribution in [3.05, 3.63) is 36.0 Å². The summed E-state index contributed by atoms with van der Waals surface area (Å²) in [7, 11) is 0. The number of carboxylic acid groups (broad SMARTS) is 1. The highest BCUT2D eigenvalue weighted by atomic mass is 16.5. The van der Waals surface area contributed by atoms with E-state index in [-0.39, 0.29) is 6.04 Å². The first-order chi connectivity index (χ1) is 10.2. The molecule has 1 aliphatic heterocycles. The Hall–Kier alpha value is -2.14. The highest BCUT2D eigenvalue weighted by Crippen LogP contribution is 2.26. The molecule has 0 aliphatic carbocycles. The lowest BCUT2D eigenvalue weighted by Gasteiger charge is -2.29. The van der Waals surface area contributed by atoms with Crippen LogP contribution in [0, 0.1) is 0 Å². The number of carboxylic acids is 1. The second-order valence-electron chi connectivity index (χ2n) is 5.34. The van der Waals surface area contributed by atoms with E-state index in [1.807, 2.05) is 18.2 Å². The number of pyridine rings is 1. The number of fused-ring (bicyclic) bond motifs is 1. The first kappa shape index (κ1) is 13.8. The van der Waals surface area contributed by atoms with Gasteiger partial charge in [-0.3, -0.25) is 4.98 Å². The minimum atomic E-state index is -0.924. The molecule has 0 unspecified atom stereocenters. The van der Waals surface area contributed by atoms with E-state index < -0.39 is 5.97 Å². The third kappa shape index (κ3) is 2.69. The number of anilines is 1. The van der Waals surface area contributed by atoms with Crippen LogP contribution in [0.1, 0.15) is 23.7 Å². The third-order valence-electron chi connectivity index (χ3n) is 3.87. The average molecular weight is 286 g/mol. The molecule has 2 heterocycles. The van der Waals surface area contributed by atoms with Crippen LogP contribution in [-0.2, 0) is 4.74 Å². The molecular formula is C16H18N2O3.